The van der Waals surface area contributed by atoms with E-state index in [2.05, 4.69) is 10.6 Å². The predicted octanol–water partition coefficient (Wildman–Crippen LogP) is 2.09. The van der Waals surface area contributed by atoms with Crippen LogP contribution in [0.25, 0.3) is 0 Å². The van der Waals surface area contributed by atoms with Gasteiger partial charge in [0.05, 0.1) is 6.54 Å². The quantitative estimate of drug-likeness (QED) is 0.869. The van der Waals surface area contributed by atoms with Crippen molar-refractivity contribution in [2.75, 3.05) is 26.7 Å². The van der Waals surface area contributed by atoms with Gasteiger partial charge in [-0.1, -0.05) is 30.3 Å². The number of likely N-dealkylation sites (N-methyl/N-ethyl adjacent to an activating group) is 1. The zero-order valence-corrected chi connectivity index (χ0v) is 13.1. The summed E-state index contributed by atoms with van der Waals surface area (Å²) in [5.74, 6) is -0.296. The van der Waals surface area contributed by atoms with E-state index in [1.807, 2.05) is 7.05 Å². The number of amides is 1. The Kier molecular flexibility index (Phi) is 6.01. The van der Waals surface area contributed by atoms with Gasteiger partial charge in [-0.05, 0) is 25.5 Å². The standard InChI is InChI=1S/C16H22F3N3O/c1-20-13-8-5-9-22(11-13)14(23)10-21-15(16(17,18)19)12-6-3-2-4-7-12/h2-4,6-7,13,15,20-21H,5,8-11H2,1H3. The number of hydrogen-bond acceptors (Lipinski definition) is 3. The van der Waals surface area contributed by atoms with Crippen molar-refractivity contribution in [2.45, 2.75) is 31.1 Å². The van der Waals surface area contributed by atoms with Crippen LogP contribution >= 0.6 is 0 Å². The molecule has 2 atom stereocenters. The summed E-state index contributed by atoms with van der Waals surface area (Å²) in [4.78, 5) is 13.8. The number of benzene rings is 1. The minimum Gasteiger partial charge on any atom is -0.340 e. The molecule has 2 rings (SSSR count). The maximum Gasteiger partial charge on any atom is 0.407 e. The van der Waals surface area contributed by atoms with Crippen LogP contribution in [0.4, 0.5) is 13.2 Å². The van der Waals surface area contributed by atoms with Crippen molar-refractivity contribution in [3.8, 4) is 0 Å². The number of carbonyl (C=O) groups excluding carboxylic acids is 1. The smallest absolute Gasteiger partial charge is 0.340 e. The molecule has 0 spiro atoms. The second-order valence-corrected chi connectivity index (χ2v) is 5.73. The minimum absolute atomic E-state index is 0.111. The van der Waals surface area contributed by atoms with Gasteiger partial charge in [-0.15, -0.1) is 0 Å². The van der Waals surface area contributed by atoms with Crippen LogP contribution < -0.4 is 10.6 Å². The Morgan fingerprint density at radius 1 is 1.35 bits per heavy atom. The summed E-state index contributed by atoms with van der Waals surface area (Å²) >= 11 is 0. The monoisotopic (exact) mass is 329 g/mol. The van der Waals surface area contributed by atoms with Gasteiger partial charge in [-0.25, -0.2) is 0 Å². The number of rotatable bonds is 5. The summed E-state index contributed by atoms with van der Waals surface area (Å²) in [6.45, 7) is 0.815. The second-order valence-electron chi connectivity index (χ2n) is 5.73. The molecule has 1 amide bonds. The molecule has 0 bridgehead atoms. The molecule has 0 aliphatic carbocycles. The highest BCUT2D eigenvalue weighted by molar-refractivity contribution is 5.78. The van der Waals surface area contributed by atoms with Crippen molar-refractivity contribution in [1.29, 1.82) is 0 Å². The number of nitrogens with one attached hydrogen (secondary N) is 2. The normalized spacial score (nSPS) is 20.3. The van der Waals surface area contributed by atoms with Crippen molar-refractivity contribution in [2.24, 2.45) is 0 Å². The Labute approximate surface area is 134 Å². The van der Waals surface area contributed by atoms with E-state index in [0.717, 1.165) is 12.8 Å². The third-order valence-corrected chi connectivity index (χ3v) is 4.10. The van der Waals surface area contributed by atoms with E-state index in [4.69, 9.17) is 0 Å². The highest BCUT2D eigenvalue weighted by Crippen LogP contribution is 2.32. The maximum atomic E-state index is 13.2. The molecule has 1 aromatic rings. The third kappa shape index (κ3) is 4.94. The fourth-order valence-electron chi connectivity index (χ4n) is 2.81. The second kappa shape index (κ2) is 7.79. The van der Waals surface area contributed by atoms with E-state index in [1.165, 1.54) is 12.1 Å². The lowest BCUT2D eigenvalue weighted by atomic mass is 10.1. The summed E-state index contributed by atoms with van der Waals surface area (Å²) in [6, 6.07) is 5.96. The molecule has 2 N–H and O–H groups in total. The number of nitrogens with zero attached hydrogens (tertiary/aromatic N) is 1. The topological polar surface area (TPSA) is 44.4 Å². The van der Waals surface area contributed by atoms with E-state index in [9.17, 15) is 18.0 Å². The fraction of sp³-hybridized carbons (Fsp3) is 0.562. The van der Waals surface area contributed by atoms with E-state index in [-0.39, 0.29) is 24.1 Å². The highest BCUT2D eigenvalue weighted by atomic mass is 19.4. The Morgan fingerprint density at radius 2 is 2.04 bits per heavy atom. The number of carbonyl (C=O) groups is 1. The van der Waals surface area contributed by atoms with E-state index < -0.39 is 12.2 Å². The van der Waals surface area contributed by atoms with Crippen LogP contribution in [-0.4, -0.2) is 49.7 Å². The van der Waals surface area contributed by atoms with Gasteiger partial charge in [0.1, 0.15) is 6.04 Å². The average molecular weight is 329 g/mol. The molecule has 7 heteroatoms. The van der Waals surface area contributed by atoms with Gasteiger partial charge in [-0.2, -0.15) is 13.2 Å². The van der Waals surface area contributed by atoms with Gasteiger partial charge in [0.25, 0.3) is 0 Å². The van der Waals surface area contributed by atoms with E-state index in [0.29, 0.717) is 13.1 Å². The Balaban J connectivity index is 1.97. The van der Waals surface area contributed by atoms with Crippen LogP contribution in [0.2, 0.25) is 0 Å². The molecule has 1 aromatic carbocycles. The molecule has 0 saturated carbocycles. The summed E-state index contributed by atoms with van der Waals surface area (Å²) in [5, 5.41) is 5.48. The molecule has 2 unspecified atom stereocenters. The van der Waals surface area contributed by atoms with Crippen molar-refractivity contribution >= 4 is 5.91 Å². The number of halogens is 3. The first-order valence-electron chi connectivity index (χ1n) is 7.72. The third-order valence-electron chi connectivity index (χ3n) is 4.10. The van der Waals surface area contributed by atoms with Gasteiger partial charge in [0, 0.05) is 19.1 Å². The lowest BCUT2D eigenvalue weighted by Crippen LogP contribution is -2.50. The van der Waals surface area contributed by atoms with Gasteiger partial charge in [0.2, 0.25) is 5.91 Å². The first-order chi connectivity index (χ1) is 10.9. The fourth-order valence-corrected chi connectivity index (χ4v) is 2.81. The van der Waals surface area contributed by atoms with Gasteiger partial charge in [-0.3, -0.25) is 10.1 Å². The first-order valence-corrected chi connectivity index (χ1v) is 7.72. The van der Waals surface area contributed by atoms with Gasteiger partial charge < -0.3 is 10.2 Å². The van der Waals surface area contributed by atoms with Crippen LogP contribution in [0.15, 0.2) is 30.3 Å². The van der Waals surface area contributed by atoms with Gasteiger partial charge in [0.15, 0.2) is 0 Å². The molecule has 1 aliphatic rings. The molecule has 1 aliphatic heterocycles. The van der Waals surface area contributed by atoms with E-state index in [1.54, 1.807) is 23.1 Å². The SMILES string of the molecule is CNC1CCCN(C(=O)CNC(c2ccccc2)C(F)(F)F)C1. The molecular weight excluding hydrogens is 307 g/mol. The first kappa shape index (κ1) is 17.7. The minimum atomic E-state index is -4.45. The zero-order valence-electron chi connectivity index (χ0n) is 13.1. The Hall–Kier alpha value is -1.60. The summed E-state index contributed by atoms with van der Waals surface area (Å²) < 4.78 is 39.7. The molecule has 23 heavy (non-hydrogen) atoms. The van der Waals surface area contributed by atoms with Crippen LogP contribution in [0.1, 0.15) is 24.4 Å². The Bertz CT molecular complexity index is 507. The maximum absolute atomic E-state index is 13.2. The Morgan fingerprint density at radius 3 is 2.65 bits per heavy atom. The lowest BCUT2D eigenvalue weighted by molar-refractivity contribution is -0.159. The molecular formula is C16H22F3N3O. The number of piperidine rings is 1. The molecule has 1 fully saturated rings. The number of hydrogen-bond donors (Lipinski definition) is 2. The average Bonchev–Trinajstić information content (AvgIpc) is 2.54. The number of alkyl halides is 3. The van der Waals surface area contributed by atoms with Crippen molar-refractivity contribution < 1.29 is 18.0 Å². The predicted molar refractivity (Wildman–Crippen MR) is 81.9 cm³/mol. The molecule has 1 saturated heterocycles. The molecule has 1 heterocycles. The molecule has 0 aromatic heterocycles. The largest absolute Gasteiger partial charge is 0.407 e. The zero-order chi connectivity index (χ0) is 16.9. The molecule has 128 valence electrons. The van der Waals surface area contributed by atoms with Crippen molar-refractivity contribution in [1.82, 2.24) is 15.5 Å². The van der Waals surface area contributed by atoms with E-state index >= 15 is 0 Å². The molecule has 4 nitrogen and oxygen atoms in total. The van der Waals surface area contributed by atoms with Gasteiger partial charge >= 0.3 is 6.18 Å². The number of likely N-dealkylation sites (tertiary alicyclic amines) is 1. The van der Waals surface area contributed by atoms with Crippen LogP contribution in [-0.2, 0) is 4.79 Å². The highest BCUT2D eigenvalue weighted by Gasteiger charge is 2.40. The van der Waals surface area contributed by atoms with Crippen LogP contribution in [0, 0.1) is 0 Å². The van der Waals surface area contributed by atoms with Crippen molar-refractivity contribution in [3.63, 3.8) is 0 Å². The van der Waals surface area contributed by atoms with Crippen LogP contribution in [0.3, 0.4) is 0 Å². The summed E-state index contributed by atoms with van der Waals surface area (Å²) in [5.41, 5.74) is 0.111. The summed E-state index contributed by atoms with van der Waals surface area (Å²) in [7, 11) is 1.83. The van der Waals surface area contributed by atoms with Crippen molar-refractivity contribution in [3.05, 3.63) is 35.9 Å². The summed E-state index contributed by atoms with van der Waals surface area (Å²) in [6.07, 6.45) is -2.61. The molecule has 0 radical (unpaired) electrons. The lowest BCUT2D eigenvalue weighted by Gasteiger charge is -2.33. The van der Waals surface area contributed by atoms with Crippen LogP contribution in [0.5, 0.6) is 0 Å².